The summed E-state index contributed by atoms with van der Waals surface area (Å²) >= 11 is 1.46. The minimum absolute atomic E-state index is 0.115. The Labute approximate surface area is 155 Å². The van der Waals surface area contributed by atoms with Crippen molar-refractivity contribution in [1.82, 2.24) is 0 Å². The second kappa shape index (κ2) is 10.9. The predicted octanol–water partition coefficient (Wildman–Crippen LogP) is 5.68. The van der Waals surface area contributed by atoms with E-state index in [1.165, 1.54) is 16.9 Å². The van der Waals surface area contributed by atoms with Gasteiger partial charge >= 0.3 is 5.97 Å². The number of hydrogen-bond donors (Lipinski definition) is 1. The molecular weight excluding hydrogens is 334 g/mol. The van der Waals surface area contributed by atoms with E-state index in [1.54, 1.807) is 13.0 Å². The van der Waals surface area contributed by atoms with Gasteiger partial charge in [0.15, 0.2) is 0 Å². The number of esters is 1. The summed E-state index contributed by atoms with van der Waals surface area (Å²) < 4.78 is 5.13. The lowest BCUT2D eigenvalue weighted by Crippen LogP contribution is -2.13. The fourth-order valence-corrected chi connectivity index (χ4v) is 3.44. The van der Waals surface area contributed by atoms with Crippen molar-refractivity contribution in [1.29, 1.82) is 0 Å². The summed E-state index contributed by atoms with van der Waals surface area (Å²) in [6, 6.07) is 1.86. The number of amides is 1. The molecule has 0 aliphatic rings. The highest BCUT2D eigenvalue weighted by atomic mass is 32.1. The zero-order chi connectivity index (χ0) is 18.8. The van der Waals surface area contributed by atoms with Crippen molar-refractivity contribution >= 4 is 28.2 Å². The highest BCUT2D eigenvalue weighted by Crippen LogP contribution is 2.35. The number of rotatable bonds is 10. The Morgan fingerprint density at radius 2 is 2.08 bits per heavy atom. The third-order valence-electron chi connectivity index (χ3n) is 3.71. The van der Waals surface area contributed by atoms with Crippen LogP contribution in [0.2, 0.25) is 0 Å². The maximum Gasteiger partial charge on any atom is 0.341 e. The Bertz CT molecular complexity index is 627. The molecule has 4 nitrogen and oxygen atoms in total. The highest BCUT2D eigenvalue weighted by molar-refractivity contribution is 7.16. The van der Waals surface area contributed by atoms with Crippen molar-refractivity contribution in [2.75, 3.05) is 11.9 Å². The Hall–Kier alpha value is -1.88. The van der Waals surface area contributed by atoms with E-state index >= 15 is 0 Å². The lowest BCUT2D eigenvalue weighted by Gasteiger charge is -2.07. The third-order valence-corrected chi connectivity index (χ3v) is 4.99. The van der Waals surface area contributed by atoms with E-state index in [1.807, 2.05) is 6.07 Å². The molecule has 5 heteroatoms. The molecule has 1 amide bonds. The minimum Gasteiger partial charge on any atom is -0.462 e. The summed E-state index contributed by atoms with van der Waals surface area (Å²) in [5, 5.41) is 3.43. The van der Waals surface area contributed by atoms with Crippen molar-refractivity contribution in [3.05, 3.63) is 40.8 Å². The Kier molecular flexibility index (Phi) is 9.21. The molecule has 0 spiro atoms. The molecule has 1 heterocycles. The van der Waals surface area contributed by atoms with Gasteiger partial charge in [0.2, 0.25) is 5.91 Å². The summed E-state index contributed by atoms with van der Waals surface area (Å²) in [6.45, 7) is 12.0. The Balaban J connectivity index is 2.94. The van der Waals surface area contributed by atoms with Crippen molar-refractivity contribution < 1.29 is 14.3 Å². The first-order chi connectivity index (χ1) is 11.9. The first-order valence-corrected chi connectivity index (χ1v) is 9.55. The molecule has 0 aromatic carbocycles. The van der Waals surface area contributed by atoms with E-state index in [0.29, 0.717) is 35.9 Å². The lowest BCUT2D eigenvalue weighted by molar-refractivity contribution is -0.116. The van der Waals surface area contributed by atoms with Crippen LogP contribution in [0.1, 0.15) is 74.5 Å². The largest absolute Gasteiger partial charge is 0.462 e. The molecular formula is C20H29NO3S. The quantitative estimate of drug-likeness (QED) is 0.430. The number of carbonyl (C=O) groups excluding carboxylic acids is 2. The molecule has 0 radical (unpaired) electrons. The second-order valence-electron chi connectivity index (χ2n) is 6.25. The molecule has 1 N–H and O–H groups in total. The summed E-state index contributed by atoms with van der Waals surface area (Å²) in [6.07, 6.45) is 6.88. The van der Waals surface area contributed by atoms with Gasteiger partial charge in [-0.2, -0.15) is 0 Å². The van der Waals surface area contributed by atoms with Gasteiger partial charge in [-0.25, -0.2) is 4.79 Å². The molecule has 138 valence electrons. The van der Waals surface area contributed by atoms with Gasteiger partial charge in [-0.05, 0) is 52.0 Å². The van der Waals surface area contributed by atoms with Crippen LogP contribution in [0, 0.1) is 0 Å². The molecule has 1 rings (SSSR count). The van der Waals surface area contributed by atoms with Gasteiger partial charge in [0.1, 0.15) is 5.00 Å². The van der Waals surface area contributed by atoms with Crippen LogP contribution in [-0.4, -0.2) is 18.5 Å². The minimum atomic E-state index is -0.388. The fraction of sp³-hybridized carbons (Fsp3) is 0.500. The first kappa shape index (κ1) is 21.2. The van der Waals surface area contributed by atoms with Gasteiger partial charge < -0.3 is 10.1 Å². The summed E-state index contributed by atoms with van der Waals surface area (Å²) in [4.78, 5) is 25.3. The summed E-state index contributed by atoms with van der Waals surface area (Å²) in [5.41, 5.74) is 1.75. The first-order valence-electron chi connectivity index (χ1n) is 8.74. The number of thiophene rings is 1. The average molecular weight is 364 g/mol. The SMILES string of the molecule is C=CCCC(=O)Nc1sc([C@@H](C)CCC=C(C)C)cc1C(=O)OCC. The number of anilines is 1. The van der Waals surface area contributed by atoms with Crippen LogP contribution in [0.25, 0.3) is 0 Å². The van der Waals surface area contributed by atoms with E-state index < -0.39 is 0 Å². The van der Waals surface area contributed by atoms with Gasteiger partial charge in [-0.15, -0.1) is 17.9 Å². The summed E-state index contributed by atoms with van der Waals surface area (Å²) in [7, 11) is 0. The topological polar surface area (TPSA) is 55.4 Å². The van der Waals surface area contributed by atoms with E-state index in [0.717, 1.165) is 17.7 Å². The number of ether oxygens (including phenoxy) is 1. The predicted molar refractivity (Wildman–Crippen MR) is 105 cm³/mol. The van der Waals surface area contributed by atoms with Gasteiger partial charge in [-0.3, -0.25) is 4.79 Å². The average Bonchev–Trinajstić information content (AvgIpc) is 2.96. The fourth-order valence-electron chi connectivity index (χ4n) is 2.29. The third kappa shape index (κ3) is 7.26. The number of carbonyl (C=O) groups is 2. The monoisotopic (exact) mass is 363 g/mol. The van der Waals surface area contributed by atoms with Crippen LogP contribution in [0.15, 0.2) is 30.4 Å². The van der Waals surface area contributed by atoms with Gasteiger partial charge in [-0.1, -0.05) is 24.6 Å². The van der Waals surface area contributed by atoms with Crippen LogP contribution < -0.4 is 5.32 Å². The standard InChI is InChI=1S/C20H29NO3S/c1-6-8-12-18(22)21-19-16(20(23)24-7-2)13-17(25-19)15(5)11-9-10-14(3)4/h6,10,13,15H,1,7-9,11-12H2,2-5H3,(H,21,22)/t15-/m0/s1. The molecule has 1 atom stereocenters. The molecule has 0 saturated carbocycles. The molecule has 0 saturated heterocycles. The van der Waals surface area contributed by atoms with E-state index in [-0.39, 0.29) is 11.9 Å². The van der Waals surface area contributed by atoms with E-state index in [2.05, 4.69) is 38.7 Å². The Morgan fingerprint density at radius 3 is 2.68 bits per heavy atom. The molecule has 0 fully saturated rings. The maximum absolute atomic E-state index is 12.2. The number of hydrogen-bond acceptors (Lipinski definition) is 4. The summed E-state index contributed by atoms with van der Waals surface area (Å²) in [5.74, 6) is -0.191. The Morgan fingerprint density at radius 1 is 1.36 bits per heavy atom. The van der Waals surface area contributed by atoms with Crippen LogP contribution >= 0.6 is 11.3 Å². The zero-order valence-electron chi connectivity index (χ0n) is 15.7. The molecule has 0 bridgehead atoms. The van der Waals surface area contributed by atoms with Crippen LogP contribution in [0.5, 0.6) is 0 Å². The molecule has 0 unspecified atom stereocenters. The van der Waals surface area contributed by atoms with Gasteiger partial charge in [0.05, 0.1) is 12.2 Å². The van der Waals surface area contributed by atoms with Gasteiger partial charge in [0.25, 0.3) is 0 Å². The van der Waals surface area contributed by atoms with E-state index in [9.17, 15) is 9.59 Å². The molecule has 0 aliphatic carbocycles. The van der Waals surface area contributed by atoms with Crippen molar-refractivity contribution in [2.24, 2.45) is 0 Å². The zero-order valence-corrected chi connectivity index (χ0v) is 16.5. The molecule has 25 heavy (non-hydrogen) atoms. The smallest absolute Gasteiger partial charge is 0.341 e. The highest BCUT2D eigenvalue weighted by Gasteiger charge is 2.21. The van der Waals surface area contributed by atoms with Crippen molar-refractivity contribution in [2.45, 2.75) is 59.3 Å². The van der Waals surface area contributed by atoms with Crippen molar-refractivity contribution in [3.8, 4) is 0 Å². The van der Waals surface area contributed by atoms with Crippen molar-refractivity contribution in [3.63, 3.8) is 0 Å². The lowest BCUT2D eigenvalue weighted by atomic mass is 10.0. The maximum atomic E-state index is 12.2. The van der Waals surface area contributed by atoms with Crippen LogP contribution in [0.4, 0.5) is 5.00 Å². The van der Waals surface area contributed by atoms with E-state index in [4.69, 9.17) is 4.74 Å². The molecule has 1 aromatic rings. The number of allylic oxidation sites excluding steroid dienone is 3. The van der Waals surface area contributed by atoms with Gasteiger partial charge in [0, 0.05) is 11.3 Å². The molecule has 1 aromatic heterocycles. The molecule has 0 aliphatic heterocycles. The number of nitrogens with one attached hydrogen (secondary N) is 1. The van der Waals surface area contributed by atoms with Crippen LogP contribution in [0.3, 0.4) is 0 Å². The van der Waals surface area contributed by atoms with Crippen LogP contribution in [-0.2, 0) is 9.53 Å². The second-order valence-corrected chi connectivity index (χ2v) is 7.33. The normalized spacial score (nSPS) is 11.5.